The molecular formula is C16H20N2O5S. The summed E-state index contributed by atoms with van der Waals surface area (Å²) in [6.45, 7) is -0.0628. The zero-order valence-electron chi connectivity index (χ0n) is 13.2. The van der Waals surface area contributed by atoms with E-state index in [1.165, 1.54) is 4.90 Å². The molecule has 0 bridgehead atoms. The molecule has 0 unspecified atom stereocenters. The second kappa shape index (κ2) is 6.43. The van der Waals surface area contributed by atoms with Crippen LogP contribution in [0.2, 0.25) is 0 Å². The molecular weight excluding hydrogens is 332 g/mol. The third-order valence-electron chi connectivity index (χ3n) is 4.62. The summed E-state index contributed by atoms with van der Waals surface area (Å²) in [6.07, 6.45) is 3.87. The summed E-state index contributed by atoms with van der Waals surface area (Å²) in [5.74, 6) is -0.440. The number of amides is 3. The van der Waals surface area contributed by atoms with E-state index in [1.54, 1.807) is 30.3 Å². The fourth-order valence-electron chi connectivity index (χ4n) is 3.41. The molecule has 2 aliphatic rings. The summed E-state index contributed by atoms with van der Waals surface area (Å²) in [4.78, 5) is 25.7. The SMILES string of the molecule is O=C1NC(=O)C2(CCCCC2)N1CCS(=O)(=O)Oc1ccccc1. The molecule has 1 spiro atoms. The quantitative estimate of drug-likeness (QED) is 0.642. The third-order valence-corrected chi connectivity index (χ3v) is 5.75. The van der Waals surface area contributed by atoms with E-state index in [-0.39, 0.29) is 24.0 Å². The van der Waals surface area contributed by atoms with Crippen LogP contribution in [0.4, 0.5) is 4.79 Å². The van der Waals surface area contributed by atoms with Gasteiger partial charge in [-0.2, -0.15) is 8.42 Å². The van der Waals surface area contributed by atoms with E-state index in [2.05, 4.69) is 5.32 Å². The van der Waals surface area contributed by atoms with Gasteiger partial charge in [0.1, 0.15) is 17.0 Å². The van der Waals surface area contributed by atoms with Crippen molar-refractivity contribution in [1.82, 2.24) is 10.2 Å². The number of hydrogen-bond acceptors (Lipinski definition) is 5. The number of carbonyl (C=O) groups is 2. The molecule has 0 radical (unpaired) electrons. The van der Waals surface area contributed by atoms with E-state index >= 15 is 0 Å². The maximum absolute atomic E-state index is 12.2. The Morgan fingerprint density at radius 1 is 1.08 bits per heavy atom. The van der Waals surface area contributed by atoms with E-state index in [1.807, 2.05) is 0 Å². The summed E-state index contributed by atoms with van der Waals surface area (Å²) in [6, 6.07) is 7.69. The Morgan fingerprint density at radius 3 is 2.42 bits per heavy atom. The third kappa shape index (κ3) is 3.24. The van der Waals surface area contributed by atoms with Gasteiger partial charge in [-0.25, -0.2) is 4.79 Å². The monoisotopic (exact) mass is 352 g/mol. The predicted octanol–water partition coefficient (Wildman–Crippen LogP) is 1.65. The van der Waals surface area contributed by atoms with Crippen molar-refractivity contribution < 1.29 is 22.2 Å². The molecule has 24 heavy (non-hydrogen) atoms. The molecule has 1 aromatic carbocycles. The number of nitrogens with zero attached hydrogens (tertiary/aromatic N) is 1. The van der Waals surface area contributed by atoms with E-state index in [0.29, 0.717) is 12.8 Å². The van der Waals surface area contributed by atoms with Crippen molar-refractivity contribution in [3.05, 3.63) is 30.3 Å². The van der Waals surface area contributed by atoms with Gasteiger partial charge in [-0.15, -0.1) is 0 Å². The van der Waals surface area contributed by atoms with Crippen LogP contribution >= 0.6 is 0 Å². The highest BCUT2D eigenvalue weighted by Crippen LogP contribution is 2.37. The first-order valence-corrected chi connectivity index (χ1v) is 9.61. The number of imide groups is 1. The highest BCUT2D eigenvalue weighted by Gasteiger charge is 2.52. The lowest BCUT2D eigenvalue weighted by atomic mass is 9.80. The van der Waals surface area contributed by atoms with E-state index in [4.69, 9.17) is 4.18 Å². The maximum Gasteiger partial charge on any atom is 0.325 e. The average molecular weight is 352 g/mol. The zero-order chi connectivity index (χ0) is 17.2. The fraction of sp³-hybridized carbons (Fsp3) is 0.500. The van der Waals surface area contributed by atoms with Crippen LogP contribution in [0.15, 0.2) is 30.3 Å². The number of hydrogen-bond donors (Lipinski definition) is 1. The van der Waals surface area contributed by atoms with Gasteiger partial charge in [-0.1, -0.05) is 37.5 Å². The smallest absolute Gasteiger partial charge is 0.325 e. The van der Waals surface area contributed by atoms with E-state index in [0.717, 1.165) is 19.3 Å². The topological polar surface area (TPSA) is 92.8 Å². The normalized spacial score (nSPS) is 20.2. The lowest BCUT2D eigenvalue weighted by molar-refractivity contribution is -0.128. The van der Waals surface area contributed by atoms with Gasteiger partial charge < -0.3 is 9.08 Å². The van der Waals surface area contributed by atoms with Crippen molar-refractivity contribution in [1.29, 1.82) is 0 Å². The second-order valence-corrected chi connectivity index (χ2v) is 7.85. The highest BCUT2D eigenvalue weighted by atomic mass is 32.2. The number of rotatable bonds is 5. The van der Waals surface area contributed by atoms with Crippen molar-refractivity contribution in [3.8, 4) is 5.75 Å². The van der Waals surface area contributed by atoms with E-state index < -0.39 is 21.7 Å². The Hall–Kier alpha value is -2.09. The Kier molecular flexibility index (Phi) is 4.49. The number of carbonyl (C=O) groups excluding carboxylic acids is 2. The van der Waals surface area contributed by atoms with Crippen molar-refractivity contribution >= 4 is 22.1 Å². The molecule has 8 heteroatoms. The molecule has 1 aromatic rings. The average Bonchev–Trinajstić information content (AvgIpc) is 2.77. The summed E-state index contributed by atoms with van der Waals surface area (Å²) >= 11 is 0. The Morgan fingerprint density at radius 2 is 1.75 bits per heavy atom. The Labute approximate surface area is 141 Å². The standard InChI is InChI=1S/C16H20N2O5S/c19-14-16(9-5-2-6-10-16)18(15(20)17-14)11-12-24(21,22)23-13-7-3-1-4-8-13/h1,3-4,7-8H,2,5-6,9-12H2,(H,17,19,20). The number of benzene rings is 1. The van der Waals surface area contributed by atoms with Crippen molar-refractivity contribution in [2.24, 2.45) is 0 Å². The maximum atomic E-state index is 12.2. The number of para-hydroxylation sites is 1. The van der Waals surface area contributed by atoms with Crippen LogP contribution in [0.3, 0.4) is 0 Å². The van der Waals surface area contributed by atoms with Gasteiger partial charge in [0.25, 0.3) is 5.91 Å². The van der Waals surface area contributed by atoms with Crippen LogP contribution in [0.25, 0.3) is 0 Å². The molecule has 1 heterocycles. The minimum atomic E-state index is -3.85. The molecule has 3 rings (SSSR count). The lowest BCUT2D eigenvalue weighted by Gasteiger charge is -2.38. The van der Waals surface area contributed by atoms with Gasteiger partial charge in [0.15, 0.2) is 0 Å². The number of urea groups is 1. The van der Waals surface area contributed by atoms with Gasteiger partial charge in [0.2, 0.25) is 0 Å². The highest BCUT2D eigenvalue weighted by molar-refractivity contribution is 7.87. The second-order valence-electron chi connectivity index (χ2n) is 6.16. The van der Waals surface area contributed by atoms with Gasteiger partial charge in [-0.3, -0.25) is 10.1 Å². The van der Waals surface area contributed by atoms with Crippen LogP contribution in [0.5, 0.6) is 5.75 Å². The van der Waals surface area contributed by atoms with Crippen LogP contribution in [-0.2, 0) is 14.9 Å². The first-order chi connectivity index (χ1) is 11.4. The molecule has 0 atom stereocenters. The first-order valence-electron chi connectivity index (χ1n) is 8.03. The van der Waals surface area contributed by atoms with Crippen LogP contribution < -0.4 is 9.50 Å². The minimum absolute atomic E-state index is 0.0628. The number of nitrogens with one attached hydrogen (secondary N) is 1. The van der Waals surface area contributed by atoms with Crippen LogP contribution in [0.1, 0.15) is 32.1 Å². The minimum Gasteiger partial charge on any atom is -0.382 e. The molecule has 2 fully saturated rings. The van der Waals surface area contributed by atoms with Gasteiger partial charge >= 0.3 is 16.1 Å². The van der Waals surface area contributed by atoms with Crippen LogP contribution in [0, 0.1) is 0 Å². The molecule has 1 saturated heterocycles. The van der Waals surface area contributed by atoms with Crippen molar-refractivity contribution in [2.75, 3.05) is 12.3 Å². The summed E-state index contributed by atoms with van der Waals surface area (Å²) < 4.78 is 29.3. The molecule has 1 aliphatic heterocycles. The molecule has 0 aromatic heterocycles. The van der Waals surface area contributed by atoms with Gasteiger partial charge in [0, 0.05) is 6.54 Å². The molecule has 1 aliphatic carbocycles. The fourth-order valence-corrected chi connectivity index (χ4v) is 4.31. The molecule has 1 N–H and O–H groups in total. The summed E-state index contributed by atoms with van der Waals surface area (Å²) in [5.41, 5.74) is -0.891. The zero-order valence-corrected chi connectivity index (χ0v) is 14.0. The molecule has 3 amide bonds. The van der Waals surface area contributed by atoms with Crippen LogP contribution in [-0.4, -0.2) is 43.1 Å². The Bertz CT molecular complexity index is 726. The summed E-state index contributed by atoms with van der Waals surface area (Å²) in [7, 11) is -3.85. The summed E-state index contributed by atoms with van der Waals surface area (Å²) in [5, 5.41) is 2.33. The molecule has 1 saturated carbocycles. The lowest BCUT2D eigenvalue weighted by Crippen LogP contribution is -2.52. The van der Waals surface area contributed by atoms with Gasteiger partial charge in [0.05, 0.1) is 0 Å². The predicted molar refractivity (Wildman–Crippen MR) is 86.9 cm³/mol. The molecule has 130 valence electrons. The largest absolute Gasteiger partial charge is 0.382 e. The first kappa shape index (κ1) is 16.8. The van der Waals surface area contributed by atoms with Crippen molar-refractivity contribution in [3.63, 3.8) is 0 Å². The van der Waals surface area contributed by atoms with Crippen molar-refractivity contribution in [2.45, 2.75) is 37.6 Å². The Balaban J connectivity index is 1.70. The molecule has 7 nitrogen and oxygen atoms in total. The van der Waals surface area contributed by atoms with Gasteiger partial charge in [-0.05, 0) is 25.0 Å². The van der Waals surface area contributed by atoms with E-state index in [9.17, 15) is 18.0 Å².